The summed E-state index contributed by atoms with van der Waals surface area (Å²) in [7, 11) is 0. The maximum Gasteiger partial charge on any atom is 0.326 e. The lowest BCUT2D eigenvalue weighted by Crippen LogP contribution is -2.40. The van der Waals surface area contributed by atoms with Crippen LogP contribution in [0.2, 0.25) is 0 Å². The summed E-state index contributed by atoms with van der Waals surface area (Å²) < 4.78 is 0. The second-order valence-electron chi connectivity index (χ2n) is 3.91. The van der Waals surface area contributed by atoms with E-state index in [2.05, 4.69) is 0 Å². The van der Waals surface area contributed by atoms with Crippen molar-refractivity contribution in [1.29, 1.82) is 0 Å². The highest BCUT2D eigenvalue weighted by molar-refractivity contribution is 7.13. The van der Waals surface area contributed by atoms with Crippen LogP contribution in [0.15, 0.2) is 12.1 Å². The maximum absolute atomic E-state index is 12.0. The summed E-state index contributed by atoms with van der Waals surface area (Å²) in [5, 5.41) is 8.99. The zero-order valence-electron chi connectivity index (χ0n) is 8.97. The molecule has 86 valence electrons. The van der Waals surface area contributed by atoms with E-state index >= 15 is 0 Å². The summed E-state index contributed by atoms with van der Waals surface area (Å²) >= 11 is 1.41. The van der Waals surface area contributed by atoms with E-state index < -0.39 is 12.0 Å². The Hall–Kier alpha value is -1.36. The number of likely N-dealkylation sites (tertiary alicyclic amines) is 1. The number of thiophene rings is 1. The first-order valence-corrected chi connectivity index (χ1v) is 6.01. The second kappa shape index (κ2) is 4.25. The summed E-state index contributed by atoms with van der Waals surface area (Å²) in [6, 6.07) is 3.00. The molecule has 2 rings (SSSR count). The Morgan fingerprint density at radius 3 is 2.81 bits per heavy atom. The van der Waals surface area contributed by atoms with Crippen LogP contribution in [0.1, 0.15) is 27.4 Å². The third-order valence-corrected chi connectivity index (χ3v) is 3.74. The fraction of sp³-hybridized carbons (Fsp3) is 0.455. The lowest BCUT2D eigenvalue weighted by molar-refractivity contribution is -0.141. The Bertz CT molecular complexity index is 427. The number of aryl methyl sites for hydroxylation is 1. The van der Waals surface area contributed by atoms with Gasteiger partial charge in [-0.2, -0.15) is 0 Å². The van der Waals surface area contributed by atoms with Crippen molar-refractivity contribution in [1.82, 2.24) is 4.90 Å². The summed E-state index contributed by atoms with van der Waals surface area (Å²) in [6.45, 7) is 2.48. The highest BCUT2D eigenvalue weighted by Gasteiger charge is 2.34. The summed E-state index contributed by atoms with van der Waals surface area (Å²) in [6.07, 6.45) is 1.33. The molecule has 1 aromatic rings. The molecule has 0 radical (unpaired) electrons. The molecule has 1 amide bonds. The fourth-order valence-corrected chi connectivity index (χ4v) is 2.78. The Balaban J connectivity index is 2.18. The fourth-order valence-electron chi connectivity index (χ4n) is 1.96. The predicted octanol–water partition coefficient (Wildman–Crippen LogP) is 1.75. The third kappa shape index (κ3) is 1.95. The Labute approximate surface area is 97.5 Å². The molecule has 5 heteroatoms. The molecule has 1 N–H and O–H groups in total. The molecule has 1 atom stereocenters. The van der Waals surface area contributed by atoms with Crippen molar-refractivity contribution in [2.45, 2.75) is 25.8 Å². The van der Waals surface area contributed by atoms with Crippen molar-refractivity contribution in [2.75, 3.05) is 6.54 Å². The highest BCUT2D eigenvalue weighted by atomic mass is 32.1. The zero-order valence-corrected chi connectivity index (χ0v) is 9.79. The van der Waals surface area contributed by atoms with E-state index in [1.54, 1.807) is 6.07 Å². The molecule has 1 aliphatic heterocycles. The van der Waals surface area contributed by atoms with Gasteiger partial charge < -0.3 is 10.0 Å². The summed E-state index contributed by atoms with van der Waals surface area (Å²) in [4.78, 5) is 26.2. The standard InChI is InChI=1S/C11H13NO3S/c1-7-4-5-9(16-7)10(13)12-6-2-3-8(12)11(14)15/h4-5,8H,2-3,6H2,1H3,(H,14,15)/t8-/m0/s1. The molecule has 4 nitrogen and oxygen atoms in total. The molecular formula is C11H13NO3S. The maximum atomic E-state index is 12.0. The number of rotatable bonds is 2. The second-order valence-corrected chi connectivity index (χ2v) is 5.19. The van der Waals surface area contributed by atoms with Crippen molar-refractivity contribution in [2.24, 2.45) is 0 Å². The van der Waals surface area contributed by atoms with E-state index in [1.165, 1.54) is 16.2 Å². The monoisotopic (exact) mass is 239 g/mol. The van der Waals surface area contributed by atoms with Gasteiger partial charge in [0.05, 0.1) is 4.88 Å². The van der Waals surface area contributed by atoms with E-state index in [4.69, 9.17) is 5.11 Å². The molecule has 0 unspecified atom stereocenters. The van der Waals surface area contributed by atoms with E-state index in [-0.39, 0.29) is 5.91 Å². The number of nitrogens with zero attached hydrogens (tertiary/aromatic N) is 1. The average molecular weight is 239 g/mol. The van der Waals surface area contributed by atoms with Crippen LogP contribution in [-0.4, -0.2) is 34.5 Å². The minimum Gasteiger partial charge on any atom is -0.480 e. The van der Waals surface area contributed by atoms with Gasteiger partial charge in [0.15, 0.2) is 0 Å². The largest absolute Gasteiger partial charge is 0.480 e. The Morgan fingerprint density at radius 2 is 2.25 bits per heavy atom. The van der Waals surface area contributed by atoms with Gasteiger partial charge in [0.2, 0.25) is 0 Å². The van der Waals surface area contributed by atoms with Crippen LogP contribution >= 0.6 is 11.3 Å². The topological polar surface area (TPSA) is 57.6 Å². The molecule has 1 aromatic heterocycles. The molecule has 2 heterocycles. The molecule has 16 heavy (non-hydrogen) atoms. The summed E-state index contributed by atoms with van der Waals surface area (Å²) in [5.41, 5.74) is 0. The number of hydrogen-bond acceptors (Lipinski definition) is 3. The van der Waals surface area contributed by atoms with Gasteiger partial charge in [0, 0.05) is 11.4 Å². The zero-order chi connectivity index (χ0) is 11.7. The van der Waals surface area contributed by atoms with Crippen molar-refractivity contribution in [3.8, 4) is 0 Å². The van der Waals surface area contributed by atoms with Gasteiger partial charge in [0.1, 0.15) is 6.04 Å². The van der Waals surface area contributed by atoms with Gasteiger partial charge in [0.25, 0.3) is 5.91 Å². The van der Waals surface area contributed by atoms with Crippen molar-refractivity contribution < 1.29 is 14.7 Å². The minimum absolute atomic E-state index is 0.150. The number of hydrogen-bond donors (Lipinski definition) is 1. The molecule has 0 aromatic carbocycles. The molecule has 0 saturated carbocycles. The molecule has 1 aliphatic rings. The number of amides is 1. The number of carboxylic acid groups (broad SMARTS) is 1. The van der Waals surface area contributed by atoms with Crippen molar-refractivity contribution in [3.63, 3.8) is 0 Å². The van der Waals surface area contributed by atoms with Crippen LogP contribution in [0, 0.1) is 6.92 Å². The molecule has 1 fully saturated rings. The van der Waals surface area contributed by atoms with Gasteiger partial charge in [-0.1, -0.05) is 0 Å². The average Bonchev–Trinajstić information content (AvgIpc) is 2.84. The number of aliphatic carboxylic acids is 1. The van der Waals surface area contributed by atoms with Crippen LogP contribution < -0.4 is 0 Å². The van der Waals surface area contributed by atoms with Gasteiger partial charge in [-0.15, -0.1) is 11.3 Å². The quantitative estimate of drug-likeness (QED) is 0.855. The van der Waals surface area contributed by atoms with Gasteiger partial charge in [-0.3, -0.25) is 4.79 Å². The normalized spacial score (nSPS) is 20.1. The number of carbonyl (C=O) groups excluding carboxylic acids is 1. The Kier molecular flexibility index (Phi) is 2.96. The van der Waals surface area contributed by atoms with Crippen LogP contribution in [0.25, 0.3) is 0 Å². The smallest absolute Gasteiger partial charge is 0.326 e. The third-order valence-electron chi connectivity index (χ3n) is 2.75. The lowest BCUT2D eigenvalue weighted by Gasteiger charge is -2.20. The first-order valence-electron chi connectivity index (χ1n) is 5.20. The SMILES string of the molecule is Cc1ccc(C(=O)N2CCC[C@H]2C(=O)O)s1. The Morgan fingerprint density at radius 1 is 1.50 bits per heavy atom. The van der Waals surface area contributed by atoms with Crippen LogP contribution in [0.5, 0.6) is 0 Å². The molecule has 0 aliphatic carbocycles. The van der Waals surface area contributed by atoms with Crippen molar-refractivity contribution in [3.05, 3.63) is 21.9 Å². The lowest BCUT2D eigenvalue weighted by atomic mass is 10.2. The highest BCUT2D eigenvalue weighted by Crippen LogP contribution is 2.23. The van der Waals surface area contributed by atoms with E-state index in [9.17, 15) is 9.59 Å². The van der Waals surface area contributed by atoms with E-state index in [1.807, 2.05) is 13.0 Å². The number of carboxylic acids is 1. The van der Waals surface area contributed by atoms with Crippen molar-refractivity contribution >= 4 is 23.2 Å². The first kappa shape index (κ1) is 11.1. The predicted molar refractivity (Wildman–Crippen MR) is 60.8 cm³/mol. The first-order chi connectivity index (χ1) is 7.59. The van der Waals surface area contributed by atoms with Gasteiger partial charge in [-0.25, -0.2) is 4.79 Å². The molecule has 0 bridgehead atoms. The molecular weight excluding hydrogens is 226 g/mol. The molecule has 1 saturated heterocycles. The summed E-state index contributed by atoms with van der Waals surface area (Å²) in [5.74, 6) is -1.05. The molecule has 0 spiro atoms. The minimum atomic E-state index is -0.904. The van der Waals surface area contributed by atoms with Gasteiger partial charge >= 0.3 is 5.97 Å². The van der Waals surface area contributed by atoms with Crippen LogP contribution in [-0.2, 0) is 4.79 Å². The van der Waals surface area contributed by atoms with E-state index in [0.717, 1.165) is 11.3 Å². The van der Waals surface area contributed by atoms with E-state index in [0.29, 0.717) is 17.8 Å². The van der Waals surface area contributed by atoms with Crippen LogP contribution in [0.4, 0.5) is 0 Å². The number of carbonyl (C=O) groups is 2. The van der Waals surface area contributed by atoms with Crippen LogP contribution in [0.3, 0.4) is 0 Å². The van der Waals surface area contributed by atoms with Gasteiger partial charge in [-0.05, 0) is 31.9 Å².